The fourth-order valence-electron chi connectivity index (χ4n) is 2.20. The van der Waals surface area contributed by atoms with Gasteiger partial charge in [0.2, 0.25) is 5.91 Å². The van der Waals surface area contributed by atoms with Crippen LogP contribution in [0.1, 0.15) is 22.8 Å². The summed E-state index contributed by atoms with van der Waals surface area (Å²) >= 11 is 0. The lowest BCUT2D eigenvalue weighted by molar-refractivity contribution is -0.114. The van der Waals surface area contributed by atoms with Crippen molar-refractivity contribution < 1.29 is 19.1 Å². The van der Waals surface area contributed by atoms with Crippen LogP contribution in [-0.4, -0.2) is 31.7 Å². The molecule has 2 rings (SSSR count). The number of ether oxygens (including phenoxy) is 2. The molecule has 27 heavy (non-hydrogen) atoms. The number of carbonyl (C=O) groups excluding carboxylic acids is 2. The van der Waals surface area contributed by atoms with E-state index in [9.17, 15) is 9.59 Å². The minimum absolute atomic E-state index is 0.208. The number of hydrogen-bond donors (Lipinski definition) is 2. The van der Waals surface area contributed by atoms with Crippen LogP contribution in [0.25, 0.3) is 0 Å². The van der Waals surface area contributed by atoms with E-state index in [0.29, 0.717) is 29.4 Å². The van der Waals surface area contributed by atoms with Crippen molar-refractivity contribution in [3.05, 3.63) is 66.2 Å². The zero-order valence-electron chi connectivity index (χ0n) is 15.2. The van der Waals surface area contributed by atoms with E-state index in [0.717, 1.165) is 5.56 Å². The number of rotatable bonds is 8. The first kappa shape index (κ1) is 19.7. The molecular formula is C20H21N3O4. The highest BCUT2D eigenvalue weighted by Gasteiger charge is 2.07. The second-order valence-corrected chi connectivity index (χ2v) is 5.47. The molecule has 0 aliphatic carbocycles. The largest absolute Gasteiger partial charge is 0.493 e. The molecule has 7 heteroatoms. The van der Waals surface area contributed by atoms with Gasteiger partial charge in [-0.25, -0.2) is 5.43 Å². The standard InChI is InChI=1S/C20H21N3O4/c1-4-10-27-18-9-8-15(11-19(18)26-3)13-21-23-20(25)16-6-5-7-17(12-16)22-14(2)24/h4-9,11-13H,1,10H2,2-3H3,(H,22,24)(H,23,25). The molecule has 2 amide bonds. The van der Waals surface area contributed by atoms with E-state index in [1.54, 1.807) is 55.7 Å². The van der Waals surface area contributed by atoms with Crippen molar-refractivity contribution in [2.45, 2.75) is 6.92 Å². The summed E-state index contributed by atoms with van der Waals surface area (Å²) in [5, 5.41) is 6.58. The molecule has 0 radical (unpaired) electrons. The quantitative estimate of drug-likeness (QED) is 0.426. The molecule has 0 aliphatic heterocycles. The van der Waals surface area contributed by atoms with Gasteiger partial charge in [0, 0.05) is 18.2 Å². The molecular weight excluding hydrogens is 346 g/mol. The number of nitrogens with one attached hydrogen (secondary N) is 2. The van der Waals surface area contributed by atoms with Crippen LogP contribution in [0.2, 0.25) is 0 Å². The Morgan fingerprint density at radius 2 is 2.00 bits per heavy atom. The molecule has 2 N–H and O–H groups in total. The normalized spacial score (nSPS) is 10.3. The third-order valence-electron chi connectivity index (χ3n) is 3.37. The number of nitrogens with zero attached hydrogens (tertiary/aromatic N) is 1. The second-order valence-electron chi connectivity index (χ2n) is 5.47. The number of benzene rings is 2. The van der Waals surface area contributed by atoms with Gasteiger partial charge in [0.05, 0.1) is 13.3 Å². The highest BCUT2D eigenvalue weighted by Crippen LogP contribution is 2.27. The molecule has 0 fully saturated rings. The van der Waals surface area contributed by atoms with Crippen LogP contribution in [0.4, 0.5) is 5.69 Å². The SMILES string of the molecule is C=CCOc1ccc(C=NNC(=O)c2cccc(NC(C)=O)c2)cc1OC. The summed E-state index contributed by atoms with van der Waals surface area (Å²) in [5.41, 5.74) is 4.09. The summed E-state index contributed by atoms with van der Waals surface area (Å²) in [4.78, 5) is 23.3. The van der Waals surface area contributed by atoms with Gasteiger partial charge in [-0.3, -0.25) is 9.59 Å². The Morgan fingerprint density at radius 3 is 2.70 bits per heavy atom. The molecule has 2 aromatic carbocycles. The molecule has 0 bridgehead atoms. The monoisotopic (exact) mass is 367 g/mol. The summed E-state index contributed by atoms with van der Waals surface area (Å²) in [6, 6.07) is 11.9. The fourth-order valence-corrected chi connectivity index (χ4v) is 2.20. The molecule has 0 heterocycles. The Bertz CT molecular complexity index is 862. The average Bonchev–Trinajstić information content (AvgIpc) is 2.66. The number of carbonyl (C=O) groups is 2. The Labute approximate surface area is 157 Å². The third kappa shape index (κ3) is 6.00. The molecule has 0 aromatic heterocycles. The topological polar surface area (TPSA) is 89.0 Å². The zero-order valence-corrected chi connectivity index (χ0v) is 15.2. The summed E-state index contributed by atoms with van der Waals surface area (Å²) in [6.45, 7) is 5.38. The van der Waals surface area contributed by atoms with Crippen molar-refractivity contribution in [3.63, 3.8) is 0 Å². The van der Waals surface area contributed by atoms with Gasteiger partial charge >= 0.3 is 0 Å². The summed E-state index contributed by atoms with van der Waals surface area (Å²) in [7, 11) is 1.54. The minimum atomic E-state index is -0.392. The van der Waals surface area contributed by atoms with Crippen LogP contribution in [0, 0.1) is 0 Å². The fraction of sp³-hybridized carbons (Fsp3) is 0.150. The number of hydrazone groups is 1. The van der Waals surface area contributed by atoms with E-state index in [4.69, 9.17) is 9.47 Å². The highest BCUT2D eigenvalue weighted by molar-refractivity contribution is 5.97. The smallest absolute Gasteiger partial charge is 0.271 e. The van der Waals surface area contributed by atoms with Crippen LogP contribution < -0.4 is 20.2 Å². The van der Waals surface area contributed by atoms with E-state index in [2.05, 4.69) is 22.4 Å². The number of hydrogen-bond acceptors (Lipinski definition) is 5. The van der Waals surface area contributed by atoms with Crippen LogP contribution in [0.5, 0.6) is 11.5 Å². The first-order chi connectivity index (χ1) is 13.0. The van der Waals surface area contributed by atoms with E-state index < -0.39 is 5.91 Å². The maximum Gasteiger partial charge on any atom is 0.271 e. The molecule has 0 unspecified atom stereocenters. The van der Waals surface area contributed by atoms with Gasteiger partial charge in [-0.15, -0.1) is 0 Å². The van der Waals surface area contributed by atoms with E-state index in [-0.39, 0.29) is 5.91 Å². The van der Waals surface area contributed by atoms with Crippen molar-refractivity contribution >= 4 is 23.7 Å². The van der Waals surface area contributed by atoms with Gasteiger partial charge in [0.25, 0.3) is 5.91 Å². The highest BCUT2D eigenvalue weighted by atomic mass is 16.5. The molecule has 0 saturated carbocycles. The lowest BCUT2D eigenvalue weighted by Gasteiger charge is -2.09. The summed E-state index contributed by atoms with van der Waals surface area (Å²) in [6.07, 6.45) is 3.14. The van der Waals surface area contributed by atoms with Crippen LogP contribution in [0.3, 0.4) is 0 Å². The second kappa shape index (κ2) is 9.76. The van der Waals surface area contributed by atoms with Crippen LogP contribution in [-0.2, 0) is 4.79 Å². The number of amides is 2. The number of methoxy groups -OCH3 is 1. The van der Waals surface area contributed by atoms with E-state index >= 15 is 0 Å². The van der Waals surface area contributed by atoms with Gasteiger partial charge in [-0.2, -0.15) is 5.10 Å². The molecule has 140 valence electrons. The first-order valence-corrected chi connectivity index (χ1v) is 8.16. The lowest BCUT2D eigenvalue weighted by atomic mass is 10.2. The Morgan fingerprint density at radius 1 is 1.19 bits per heavy atom. The lowest BCUT2D eigenvalue weighted by Crippen LogP contribution is -2.18. The average molecular weight is 367 g/mol. The first-order valence-electron chi connectivity index (χ1n) is 8.16. The van der Waals surface area contributed by atoms with Crippen molar-refractivity contribution in [3.8, 4) is 11.5 Å². The van der Waals surface area contributed by atoms with Gasteiger partial charge in [-0.1, -0.05) is 18.7 Å². The van der Waals surface area contributed by atoms with E-state index in [1.165, 1.54) is 13.1 Å². The van der Waals surface area contributed by atoms with Crippen molar-refractivity contribution in [1.29, 1.82) is 0 Å². The summed E-state index contributed by atoms with van der Waals surface area (Å²) < 4.78 is 10.8. The molecule has 0 atom stereocenters. The molecule has 2 aromatic rings. The predicted octanol–water partition coefficient (Wildman–Crippen LogP) is 2.98. The predicted molar refractivity (Wildman–Crippen MR) is 104 cm³/mol. The minimum Gasteiger partial charge on any atom is -0.493 e. The third-order valence-corrected chi connectivity index (χ3v) is 3.37. The maximum absolute atomic E-state index is 12.2. The summed E-state index contributed by atoms with van der Waals surface area (Å²) in [5.74, 6) is 0.542. The van der Waals surface area contributed by atoms with Gasteiger partial charge < -0.3 is 14.8 Å². The Hall–Kier alpha value is -3.61. The molecule has 0 spiro atoms. The maximum atomic E-state index is 12.2. The zero-order chi connectivity index (χ0) is 19.6. The van der Waals surface area contributed by atoms with Gasteiger partial charge in [0.1, 0.15) is 6.61 Å². The number of anilines is 1. The van der Waals surface area contributed by atoms with Crippen LogP contribution in [0.15, 0.2) is 60.2 Å². The van der Waals surface area contributed by atoms with Crippen LogP contribution >= 0.6 is 0 Å². The Kier molecular flexibility index (Phi) is 7.13. The van der Waals surface area contributed by atoms with Crippen molar-refractivity contribution in [1.82, 2.24) is 5.43 Å². The van der Waals surface area contributed by atoms with Crippen molar-refractivity contribution in [2.24, 2.45) is 5.10 Å². The Balaban J connectivity index is 2.03. The van der Waals surface area contributed by atoms with Gasteiger partial charge in [0.15, 0.2) is 11.5 Å². The van der Waals surface area contributed by atoms with Crippen molar-refractivity contribution in [2.75, 3.05) is 19.0 Å². The molecule has 0 aliphatic rings. The molecule has 0 saturated heterocycles. The van der Waals surface area contributed by atoms with E-state index in [1.807, 2.05) is 0 Å². The molecule has 7 nitrogen and oxygen atoms in total. The van der Waals surface area contributed by atoms with Gasteiger partial charge in [-0.05, 0) is 42.0 Å².